The normalized spacial score (nSPS) is 18.8. The van der Waals surface area contributed by atoms with E-state index in [9.17, 15) is 0 Å². The van der Waals surface area contributed by atoms with Crippen molar-refractivity contribution in [3.63, 3.8) is 0 Å². The summed E-state index contributed by atoms with van der Waals surface area (Å²) >= 11 is 1.76. The van der Waals surface area contributed by atoms with Crippen LogP contribution < -0.4 is 0 Å². The molecule has 0 aromatic carbocycles. The van der Waals surface area contributed by atoms with Crippen LogP contribution in [0.25, 0.3) is 0 Å². The smallest absolute Gasteiger partial charge is 0.0127 e. The van der Waals surface area contributed by atoms with Gasteiger partial charge in [0, 0.05) is 24.4 Å². The molecule has 44 valence electrons. The highest BCUT2D eigenvalue weighted by Crippen LogP contribution is 2.20. The lowest BCUT2D eigenvalue weighted by Gasteiger charge is -2.12. The monoisotopic (exact) mass is 127 g/mol. The maximum atomic E-state index is 2.10. The zero-order chi connectivity index (χ0) is 5.98. The molecule has 1 rings (SSSR count). The molecule has 0 saturated heterocycles. The molecule has 0 unspecified atom stereocenters. The minimum atomic E-state index is 1.34. The van der Waals surface area contributed by atoms with Crippen LogP contribution in [0, 0.1) is 0 Å². The molecule has 0 aliphatic carbocycles. The maximum Gasteiger partial charge on any atom is 0.0127 e. The van der Waals surface area contributed by atoms with Crippen LogP contribution in [0.1, 0.15) is 6.92 Å². The van der Waals surface area contributed by atoms with E-state index in [-0.39, 0.29) is 0 Å². The number of nitrogens with zero attached hydrogens (tertiary/aromatic N) is 1. The van der Waals surface area contributed by atoms with Crippen LogP contribution in [0.4, 0.5) is 0 Å². The van der Waals surface area contributed by atoms with E-state index < -0.39 is 0 Å². The van der Waals surface area contributed by atoms with Gasteiger partial charge in [0.1, 0.15) is 0 Å². The quantitative estimate of drug-likeness (QED) is 0.489. The molecule has 0 radical (unpaired) electrons. The van der Waals surface area contributed by atoms with Crippen molar-refractivity contribution >= 4 is 11.8 Å². The molecule has 1 aliphatic heterocycles. The molecule has 1 nitrogen and oxygen atoms in total. The van der Waals surface area contributed by atoms with Crippen LogP contribution in [0.15, 0.2) is 22.7 Å². The van der Waals surface area contributed by atoms with Crippen LogP contribution in [0.5, 0.6) is 0 Å². The summed E-state index contributed by atoms with van der Waals surface area (Å²) in [5.41, 5.74) is 0. The second-order valence-electron chi connectivity index (χ2n) is 1.81. The summed E-state index contributed by atoms with van der Waals surface area (Å²) in [6, 6.07) is 0. The van der Waals surface area contributed by atoms with Gasteiger partial charge in [-0.2, -0.15) is 0 Å². The summed E-state index contributed by atoms with van der Waals surface area (Å²) in [6.07, 6.45) is 4.14. The molecule has 0 aromatic heterocycles. The Balaban J connectivity index is 2.60. The molecule has 1 heterocycles. The molecule has 0 saturated carbocycles. The van der Waals surface area contributed by atoms with Gasteiger partial charge in [0.05, 0.1) is 0 Å². The Labute approximate surface area is 54.1 Å². The van der Waals surface area contributed by atoms with Gasteiger partial charge in [-0.3, -0.25) is 0 Å². The molecule has 2 heteroatoms. The number of allylic oxidation sites excluding steroid dienone is 1. The van der Waals surface area contributed by atoms with E-state index in [1.54, 1.807) is 11.8 Å². The van der Waals surface area contributed by atoms with Gasteiger partial charge < -0.3 is 4.90 Å². The fraction of sp³-hybridized carbons (Fsp3) is 0.333. The largest absolute Gasteiger partial charge is 0.356 e. The molecule has 0 fully saturated rings. The minimum Gasteiger partial charge on any atom is -0.356 e. The van der Waals surface area contributed by atoms with E-state index in [2.05, 4.69) is 18.5 Å². The van der Waals surface area contributed by atoms with Gasteiger partial charge in [0.25, 0.3) is 0 Å². The van der Waals surface area contributed by atoms with Crippen LogP contribution in [0.3, 0.4) is 0 Å². The third kappa shape index (κ3) is 1.30. The first-order valence-electron chi connectivity index (χ1n) is 2.53. The number of rotatable bonds is 0. The van der Waals surface area contributed by atoms with Crippen LogP contribution in [0.2, 0.25) is 0 Å². The van der Waals surface area contributed by atoms with Crippen molar-refractivity contribution in [2.24, 2.45) is 0 Å². The van der Waals surface area contributed by atoms with Crippen LogP contribution in [-0.4, -0.2) is 11.9 Å². The van der Waals surface area contributed by atoms with Gasteiger partial charge in [-0.05, 0) is 12.3 Å². The first kappa shape index (κ1) is 5.76. The number of hydrogen-bond acceptors (Lipinski definition) is 2. The maximum absolute atomic E-state index is 2.10. The van der Waals surface area contributed by atoms with Gasteiger partial charge >= 0.3 is 0 Å². The molecule has 0 aromatic rings. The third-order valence-electron chi connectivity index (χ3n) is 0.935. The second-order valence-corrected chi connectivity index (χ2v) is 2.96. The number of hydrogen-bond donors (Lipinski definition) is 0. The molecular formula is C6H9NS. The SMILES string of the molecule is CC1=CN(C)C=CS1. The predicted molar refractivity (Wildman–Crippen MR) is 38.3 cm³/mol. The molecule has 0 atom stereocenters. The highest BCUT2D eigenvalue weighted by Gasteiger charge is 1.93. The third-order valence-corrected chi connectivity index (χ3v) is 1.67. The summed E-state index contributed by atoms with van der Waals surface area (Å²) in [5, 5.41) is 2.08. The first-order valence-corrected chi connectivity index (χ1v) is 3.41. The van der Waals surface area contributed by atoms with Crippen molar-refractivity contribution in [3.05, 3.63) is 22.7 Å². The number of thioether (sulfide) groups is 1. The molecule has 1 aliphatic rings. The van der Waals surface area contributed by atoms with Gasteiger partial charge in [0.2, 0.25) is 0 Å². The molecule has 0 spiro atoms. The lowest BCUT2D eigenvalue weighted by molar-refractivity contribution is 0.623. The Bertz CT molecular complexity index is 137. The summed E-state index contributed by atoms with van der Waals surface area (Å²) < 4.78 is 0. The fourth-order valence-electron chi connectivity index (χ4n) is 0.594. The van der Waals surface area contributed by atoms with Crippen molar-refractivity contribution in [2.75, 3.05) is 7.05 Å². The van der Waals surface area contributed by atoms with Crippen LogP contribution in [-0.2, 0) is 0 Å². The zero-order valence-electron chi connectivity index (χ0n) is 5.09. The Morgan fingerprint density at radius 2 is 2.38 bits per heavy atom. The zero-order valence-corrected chi connectivity index (χ0v) is 5.90. The first-order chi connectivity index (χ1) is 3.79. The molecule has 0 amide bonds. The lowest BCUT2D eigenvalue weighted by Crippen LogP contribution is -2.02. The van der Waals surface area contributed by atoms with Crippen molar-refractivity contribution in [3.8, 4) is 0 Å². The van der Waals surface area contributed by atoms with E-state index >= 15 is 0 Å². The Morgan fingerprint density at radius 1 is 1.62 bits per heavy atom. The van der Waals surface area contributed by atoms with Gasteiger partial charge in [-0.15, -0.1) is 0 Å². The topological polar surface area (TPSA) is 3.24 Å². The summed E-state index contributed by atoms with van der Waals surface area (Å²) in [6.45, 7) is 2.10. The molecule has 0 bridgehead atoms. The fourth-order valence-corrected chi connectivity index (χ4v) is 1.29. The summed E-state index contributed by atoms with van der Waals surface area (Å²) in [7, 11) is 2.03. The van der Waals surface area contributed by atoms with E-state index in [1.165, 1.54) is 4.91 Å². The standard InChI is InChI=1S/C6H9NS/c1-6-5-7(2)3-4-8-6/h3-5H,1-2H3. The highest BCUT2D eigenvalue weighted by molar-refractivity contribution is 8.05. The Morgan fingerprint density at radius 3 is 2.75 bits per heavy atom. The average Bonchev–Trinajstić information content (AvgIpc) is 1.64. The lowest BCUT2D eigenvalue weighted by atomic mass is 10.6. The summed E-state index contributed by atoms with van der Waals surface area (Å²) in [4.78, 5) is 3.39. The molecule has 0 N–H and O–H groups in total. The summed E-state index contributed by atoms with van der Waals surface area (Å²) in [5.74, 6) is 0. The van der Waals surface area contributed by atoms with Gasteiger partial charge in [-0.25, -0.2) is 0 Å². The molecular weight excluding hydrogens is 118 g/mol. The van der Waals surface area contributed by atoms with Crippen LogP contribution >= 0.6 is 11.8 Å². The van der Waals surface area contributed by atoms with Gasteiger partial charge in [0.15, 0.2) is 0 Å². The van der Waals surface area contributed by atoms with Crippen molar-refractivity contribution in [1.82, 2.24) is 4.90 Å². The Hall–Kier alpha value is -0.370. The highest BCUT2D eigenvalue weighted by atomic mass is 32.2. The van der Waals surface area contributed by atoms with E-state index in [4.69, 9.17) is 0 Å². The predicted octanol–water partition coefficient (Wildman–Crippen LogP) is 2.00. The van der Waals surface area contributed by atoms with Gasteiger partial charge in [-0.1, -0.05) is 11.8 Å². The second kappa shape index (κ2) is 2.27. The van der Waals surface area contributed by atoms with Crippen molar-refractivity contribution < 1.29 is 0 Å². The average molecular weight is 127 g/mol. The van der Waals surface area contributed by atoms with Crippen molar-refractivity contribution in [2.45, 2.75) is 6.92 Å². The van der Waals surface area contributed by atoms with E-state index in [1.807, 2.05) is 18.1 Å². The minimum absolute atomic E-state index is 1.34. The van der Waals surface area contributed by atoms with E-state index in [0.717, 1.165) is 0 Å². The molecule has 8 heavy (non-hydrogen) atoms. The van der Waals surface area contributed by atoms with E-state index in [0.29, 0.717) is 0 Å². The van der Waals surface area contributed by atoms with Crippen molar-refractivity contribution in [1.29, 1.82) is 0 Å². The Kier molecular flexibility index (Phi) is 1.63.